The van der Waals surface area contributed by atoms with Gasteiger partial charge in [0, 0.05) is 35.0 Å². The Morgan fingerprint density at radius 1 is 0.429 bits per heavy atom. The average Bonchev–Trinajstić information content (AvgIpc) is 3.29. The van der Waals surface area contributed by atoms with E-state index in [1.54, 1.807) is 0 Å². The Bertz CT molecular complexity index is 3200. The van der Waals surface area contributed by atoms with Crippen LogP contribution in [0, 0.1) is 0 Å². The van der Waals surface area contributed by atoms with Crippen LogP contribution >= 0.6 is 0 Å². The van der Waals surface area contributed by atoms with Crippen molar-refractivity contribution in [3.05, 3.63) is 206 Å². The molecule has 2 aromatic heterocycles. The number of nitrogens with zero attached hydrogens (tertiary/aromatic N) is 3. The van der Waals surface area contributed by atoms with E-state index in [1.807, 2.05) is 18.5 Å². The number of hydrogen-bond acceptors (Lipinski definition) is 3. The minimum Gasteiger partial charge on any atom is -0.264 e. The zero-order valence-electron chi connectivity index (χ0n) is 30.6. The van der Waals surface area contributed by atoms with E-state index in [-0.39, 0.29) is 5.92 Å². The lowest BCUT2D eigenvalue weighted by molar-refractivity contribution is 0.865. The zero-order valence-corrected chi connectivity index (χ0v) is 30.6. The second kappa shape index (κ2) is 13.3. The Hall–Kier alpha value is -7.23. The summed E-state index contributed by atoms with van der Waals surface area (Å²) in [6.45, 7) is 0. The highest BCUT2D eigenvalue weighted by Gasteiger charge is 2.19. The van der Waals surface area contributed by atoms with Crippen LogP contribution in [0.4, 0.5) is 0 Å². The van der Waals surface area contributed by atoms with Crippen molar-refractivity contribution in [2.75, 3.05) is 0 Å². The maximum Gasteiger partial charge on any atom is 0.160 e. The number of allylic oxidation sites excluding steroid dienone is 4. The van der Waals surface area contributed by atoms with E-state index in [9.17, 15) is 0 Å². The molecule has 56 heavy (non-hydrogen) atoms. The lowest BCUT2D eigenvalue weighted by atomic mass is 9.85. The van der Waals surface area contributed by atoms with Crippen molar-refractivity contribution >= 4 is 59.4 Å². The average molecular weight is 714 g/mol. The second-order valence-electron chi connectivity index (χ2n) is 14.7. The van der Waals surface area contributed by atoms with Gasteiger partial charge in [-0.2, -0.15) is 0 Å². The molecular weight excluding hydrogens is 679 g/mol. The summed E-state index contributed by atoms with van der Waals surface area (Å²) in [5, 5.41) is 12.6. The summed E-state index contributed by atoms with van der Waals surface area (Å²) >= 11 is 0. The van der Waals surface area contributed by atoms with E-state index in [2.05, 4.69) is 181 Å². The molecule has 8 aromatic carbocycles. The molecule has 1 aliphatic carbocycles. The van der Waals surface area contributed by atoms with Gasteiger partial charge in [-0.05, 0) is 107 Å². The summed E-state index contributed by atoms with van der Waals surface area (Å²) in [5.41, 5.74) is 8.47. The van der Waals surface area contributed by atoms with Crippen LogP contribution in [0.1, 0.15) is 23.6 Å². The first-order valence-electron chi connectivity index (χ1n) is 19.3. The van der Waals surface area contributed by atoms with Gasteiger partial charge in [-0.15, -0.1) is 0 Å². The normalized spacial score (nSPS) is 14.2. The molecule has 3 nitrogen and oxygen atoms in total. The lowest BCUT2D eigenvalue weighted by Crippen LogP contribution is -2.03. The van der Waals surface area contributed by atoms with Gasteiger partial charge in [0.25, 0.3) is 0 Å². The van der Waals surface area contributed by atoms with Crippen LogP contribution in [0.5, 0.6) is 0 Å². The molecule has 262 valence electrons. The Kier molecular flexibility index (Phi) is 7.63. The third-order valence-electron chi connectivity index (χ3n) is 11.5. The third-order valence-corrected chi connectivity index (χ3v) is 11.5. The summed E-state index contributed by atoms with van der Waals surface area (Å²) in [4.78, 5) is 15.0. The molecule has 3 heteroatoms. The molecule has 2 heterocycles. The fourth-order valence-electron chi connectivity index (χ4n) is 8.74. The number of benzene rings is 8. The maximum absolute atomic E-state index is 5.33. The van der Waals surface area contributed by atoms with Crippen molar-refractivity contribution in [2.45, 2.75) is 12.3 Å². The van der Waals surface area contributed by atoms with Gasteiger partial charge in [0.15, 0.2) is 5.82 Å². The van der Waals surface area contributed by atoms with Crippen molar-refractivity contribution in [1.82, 2.24) is 15.0 Å². The molecule has 0 aliphatic heterocycles. The van der Waals surface area contributed by atoms with Gasteiger partial charge < -0.3 is 0 Å². The summed E-state index contributed by atoms with van der Waals surface area (Å²) in [5.74, 6) is 0.967. The first-order chi connectivity index (χ1) is 27.7. The van der Waals surface area contributed by atoms with Crippen molar-refractivity contribution in [3.8, 4) is 33.8 Å². The molecule has 1 aliphatic rings. The van der Waals surface area contributed by atoms with Crippen LogP contribution in [0.2, 0.25) is 0 Å². The highest BCUT2D eigenvalue weighted by atomic mass is 14.9. The lowest BCUT2D eigenvalue weighted by Gasteiger charge is -2.20. The quantitative estimate of drug-likeness (QED) is 0.167. The second-order valence-corrected chi connectivity index (χ2v) is 14.7. The predicted octanol–water partition coefficient (Wildman–Crippen LogP) is 13.8. The molecule has 1 unspecified atom stereocenters. The molecule has 0 spiro atoms. The number of fused-ring (bicyclic) bond motifs is 9. The number of hydrogen-bond donors (Lipinski definition) is 0. The first kappa shape index (κ1) is 32.2. The largest absolute Gasteiger partial charge is 0.264 e. The molecule has 10 aromatic rings. The molecule has 0 fully saturated rings. The third kappa shape index (κ3) is 5.48. The van der Waals surface area contributed by atoms with E-state index < -0.39 is 0 Å². The smallest absolute Gasteiger partial charge is 0.160 e. The standard InChI is InChI=1S/C53H35N3/c1-2-15-41-37(11-1)30-49(46-20-7-3-16-42(41)46)34-22-24-35(25-23-34)51-32-52(38-13-9-12-36(29-38)40-14-10-28-54-33-40)56-53(55-51)39-26-27-48-45-19-5-4-17-43(45)44-18-6-8-21-47(44)50(48)31-39/h1-22,24-34H,23H2. The highest BCUT2D eigenvalue weighted by Crippen LogP contribution is 2.40. The van der Waals surface area contributed by atoms with Crippen LogP contribution in [-0.4, -0.2) is 15.0 Å². The van der Waals surface area contributed by atoms with Crippen LogP contribution < -0.4 is 0 Å². The predicted molar refractivity (Wildman–Crippen MR) is 235 cm³/mol. The Labute approximate surface area is 325 Å². The molecule has 11 rings (SSSR count). The molecule has 0 amide bonds. The fraction of sp³-hybridized carbons (Fsp3) is 0.0377. The van der Waals surface area contributed by atoms with Gasteiger partial charge in [0.2, 0.25) is 0 Å². The highest BCUT2D eigenvalue weighted by molar-refractivity contribution is 6.25. The maximum atomic E-state index is 5.33. The van der Waals surface area contributed by atoms with Gasteiger partial charge in [-0.3, -0.25) is 4.98 Å². The number of rotatable bonds is 5. The van der Waals surface area contributed by atoms with Gasteiger partial charge in [0.1, 0.15) is 0 Å². The molecule has 0 N–H and O–H groups in total. The van der Waals surface area contributed by atoms with Crippen molar-refractivity contribution < 1.29 is 0 Å². The minimum atomic E-state index is 0.258. The molecule has 0 saturated heterocycles. The summed E-state index contributed by atoms with van der Waals surface area (Å²) in [6.07, 6.45) is 11.6. The minimum absolute atomic E-state index is 0.258. The van der Waals surface area contributed by atoms with Gasteiger partial charge >= 0.3 is 0 Å². The van der Waals surface area contributed by atoms with Crippen molar-refractivity contribution in [1.29, 1.82) is 0 Å². The van der Waals surface area contributed by atoms with E-state index in [4.69, 9.17) is 9.97 Å². The van der Waals surface area contributed by atoms with E-state index in [0.717, 1.165) is 45.6 Å². The number of aromatic nitrogens is 3. The van der Waals surface area contributed by atoms with E-state index >= 15 is 0 Å². The topological polar surface area (TPSA) is 38.7 Å². The van der Waals surface area contributed by atoms with E-state index in [1.165, 1.54) is 59.4 Å². The van der Waals surface area contributed by atoms with Crippen molar-refractivity contribution in [3.63, 3.8) is 0 Å². The molecule has 0 saturated carbocycles. The number of pyridine rings is 1. The molecule has 1 atom stereocenters. The van der Waals surface area contributed by atoms with Gasteiger partial charge in [-0.1, -0.05) is 152 Å². The molecule has 0 radical (unpaired) electrons. The van der Waals surface area contributed by atoms with Gasteiger partial charge in [-0.25, -0.2) is 9.97 Å². The Morgan fingerprint density at radius 2 is 1.05 bits per heavy atom. The summed E-state index contributed by atoms with van der Waals surface area (Å²) in [6, 6.07) is 58.8. The van der Waals surface area contributed by atoms with Crippen LogP contribution in [0.3, 0.4) is 0 Å². The zero-order chi connectivity index (χ0) is 37.0. The van der Waals surface area contributed by atoms with Crippen LogP contribution in [-0.2, 0) is 0 Å². The van der Waals surface area contributed by atoms with E-state index in [0.29, 0.717) is 5.82 Å². The molecular formula is C53H35N3. The Balaban J connectivity index is 1.05. The van der Waals surface area contributed by atoms with Crippen LogP contribution in [0.15, 0.2) is 194 Å². The summed E-state index contributed by atoms with van der Waals surface area (Å²) in [7, 11) is 0. The SMILES string of the molecule is C1=CC(c2cc3ccccc3c3ccccc23)CC=C1c1cc(-c2cccc(-c3cccnc3)c2)nc(-c2ccc3c4ccccc4c4ccccc4c3c2)n1. The van der Waals surface area contributed by atoms with Crippen LogP contribution in [0.25, 0.3) is 93.2 Å². The van der Waals surface area contributed by atoms with Gasteiger partial charge in [0.05, 0.1) is 11.4 Å². The monoisotopic (exact) mass is 713 g/mol. The Morgan fingerprint density at radius 3 is 1.77 bits per heavy atom. The van der Waals surface area contributed by atoms with Crippen molar-refractivity contribution in [2.24, 2.45) is 0 Å². The summed E-state index contributed by atoms with van der Waals surface area (Å²) < 4.78 is 0. The fourth-order valence-corrected chi connectivity index (χ4v) is 8.74. The molecule has 0 bridgehead atoms. The first-order valence-corrected chi connectivity index (χ1v) is 19.3.